The zero-order valence-corrected chi connectivity index (χ0v) is 13.3. The third-order valence-electron chi connectivity index (χ3n) is 3.08. The van der Waals surface area contributed by atoms with Crippen LogP contribution in [0.4, 0.5) is 0 Å². The van der Waals surface area contributed by atoms with Gasteiger partial charge in [-0.25, -0.2) is 0 Å². The van der Waals surface area contributed by atoms with Crippen LogP contribution in [-0.4, -0.2) is 26.0 Å². The maximum atomic E-state index is 12.3. The molecule has 18 heavy (non-hydrogen) atoms. The molecule has 0 aromatic carbocycles. The van der Waals surface area contributed by atoms with E-state index in [0.717, 1.165) is 25.9 Å². The third-order valence-corrected chi connectivity index (χ3v) is 3.08. The smallest absolute Gasteiger partial charge is 0.223 e. The average Bonchev–Trinajstić information content (AvgIpc) is 2.18. The summed E-state index contributed by atoms with van der Waals surface area (Å²) < 4.78 is 0. The number of hydrogen-bond donors (Lipinski definition) is 2. The van der Waals surface area contributed by atoms with Gasteiger partial charge in [-0.1, -0.05) is 41.5 Å². The lowest BCUT2D eigenvalue weighted by atomic mass is 9.71. The lowest BCUT2D eigenvalue weighted by Crippen LogP contribution is -2.40. The lowest BCUT2D eigenvalue weighted by Gasteiger charge is -2.34. The van der Waals surface area contributed by atoms with Gasteiger partial charge < -0.3 is 10.6 Å². The van der Waals surface area contributed by atoms with Crippen molar-refractivity contribution in [3.63, 3.8) is 0 Å². The van der Waals surface area contributed by atoms with Crippen molar-refractivity contribution in [2.75, 3.05) is 20.1 Å². The molecule has 1 amide bonds. The molecule has 1 unspecified atom stereocenters. The number of hydrogen-bond acceptors (Lipinski definition) is 2. The first-order valence-electron chi connectivity index (χ1n) is 7.00. The highest BCUT2D eigenvalue weighted by molar-refractivity contribution is 5.79. The molecule has 3 heteroatoms. The quantitative estimate of drug-likeness (QED) is 0.718. The van der Waals surface area contributed by atoms with Gasteiger partial charge in [0.2, 0.25) is 5.91 Å². The minimum Gasteiger partial charge on any atom is -0.356 e. The molecule has 0 spiro atoms. The number of amides is 1. The van der Waals surface area contributed by atoms with Crippen molar-refractivity contribution >= 4 is 5.91 Å². The van der Waals surface area contributed by atoms with Gasteiger partial charge in [-0.05, 0) is 37.3 Å². The largest absolute Gasteiger partial charge is 0.356 e. The normalized spacial score (nSPS) is 14.4. The molecule has 0 heterocycles. The second kappa shape index (κ2) is 7.13. The van der Waals surface area contributed by atoms with Crippen molar-refractivity contribution < 1.29 is 4.79 Å². The minimum absolute atomic E-state index is 0.0143. The number of carbonyl (C=O) groups excluding carboxylic acids is 1. The van der Waals surface area contributed by atoms with Crippen LogP contribution in [0, 0.1) is 16.7 Å². The summed E-state index contributed by atoms with van der Waals surface area (Å²) in [7, 11) is 1.93. The van der Waals surface area contributed by atoms with E-state index in [2.05, 4.69) is 52.2 Å². The predicted octanol–water partition coefficient (Wildman–Crippen LogP) is 2.81. The Kier molecular flexibility index (Phi) is 6.90. The van der Waals surface area contributed by atoms with Gasteiger partial charge in [-0.3, -0.25) is 4.79 Å². The molecule has 0 saturated heterocycles. The SMILES string of the molecule is CNCCCNC(=O)C(CC(C)(C)C)C(C)(C)C. The Bertz CT molecular complexity index is 248. The highest BCUT2D eigenvalue weighted by Gasteiger charge is 2.34. The maximum absolute atomic E-state index is 12.3. The van der Waals surface area contributed by atoms with E-state index < -0.39 is 0 Å². The Morgan fingerprint density at radius 3 is 2.00 bits per heavy atom. The topological polar surface area (TPSA) is 41.1 Å². The first kappa shape index (κ1) is 17.4. The van der Waals surface area contributed by atoms with E-state index in [1.54, 1.807) is 0 Å². The third kappa shape index (κ3) is 7.70. The van der Waals surface area contributed by atoms with E-state index in [9.17, 15) is 4.79 Å². The van der Waals surface area contributed by atoms with Crippen molar-refractivity contribution in [1.29, 1.82) is 0 Å². The predicted molar refractivity (Wildman–Crippen MR) is 78.6 cm³/mol. The van der Waals surface area contributed by atoms with E-state index >= 15 is 0 Å². The summed E-state index contributed by atoms with van der Waals surface area (Å²) in [5.41, 5.74) is 0.195. The molecule has 2 N–H and O–H groups in total. The van der Waals surface area contributed by atoms with Gasteiger partial charge in [-0.15, -0.1) is 0 Å². The molecule has 0 aliphatic heterocycles. The second-order valence-electron chi connectivity index (χ2n) is 7.43. The molecule has 0 aromatic heterocycles. The van der Waals surface area contributed by atoms with Crippen LogP contribution in [0.3, 0.4) is 0 Å². The minimum atomic E-state index is 0.0143. The Morgan fingerprint density at radius 2 is 1.61 bits per heavy atom. The van der Waals surface area contributed by atoms with Crippen LogP contribution in [0.1, 0.15) is 54.4 Å². The highest BCUT2D eigenvalue weighted by atomic mass is 16.1. The van der Waals surface area contributed by atoms with Gasteiger partial charge in [-0.2, -0.15) is 0 Å². The zero-order valence-electron chi connectivity index (χ0n) is 13.3. The van der Waals surface area contributed by atoms with Crippen LogP contribution in [0.15, 0.2) is 0 Å². The molecule has 0 fully saturated rings. The van der Waals surface area contributed by atoms with Crippen LogP contribution >= 0.6 is 0 Å². The number of carbonyl (C=O) groups is 1. The first-order valence-corrected chi connectivity index (χ1v) is 7.00. The van der Waals surface area contributed by atoms with Gasteiger partial charge in [0.1, 0.15) is 0 Å². The monoisotopic (exact) mass is 256 g/mol. The van der Waals surface area contributed by atoms with Crippen molar-refractivity contribution in [2.24, 2.45) is 16.7 Å². The van der Waals surface area contributed by atoms with E-state index in [1.165, 1.54) is 0 Å². The fourth-order valence-electron chi connectivity index (χ4n) is 2.00. The fraction of sp³-hybridized carbons (Fsp3) is 0.933. The van der Waals surface area contributed by atoms with E-state index in [4.69, 9.17) is 0 Å². The molecular formula is C15H32N2O. The summed E-state index contributed by atoms with van der Waals surface area (Å²) in [4.78, 5) is 12.3. The molecular weight excluding hydrogens is 224 g/mol. The Morgan fingerprint density at radius 1 is 1.06 bits per heavy atom. The maximum Gasteiger partial charge on any atom is 0.223 e. The van der Waals surface area contributed by atoms with E-state index in [-0.39, 0.29) is 22.7 Å². The molecule has 0 rings (SSSR count). The van der Waals surface area contributed by atoms with Gasteiger partial charge >= 0.3 is 0 Å². The zero-order chi connectivity index (χ0) is 14.4. The van der Waals surface area contributed by atoms with Gasteiger partial charge in [0, 0.05) is 12.5 Å². The van der Waals surface area contributed by atoms with Gasteiger partial charge in [0.05, 0.1) is 0 Å². The Balaban J connectivity index is 4.43. The molecule has 108 valence electrons. The number of rotatable bonds is 6. The molecule has 0 radical (unpaired) electrons. The average molecular weight is 256 g/mol. The van der Waals surface area contributed by atoms with Gasteiger partial charge in [0.25, 0.3) is 0 Å². The van der Waals surface area contributed by atoms with Crippen LogP contribution in [0.5, 0.6) is 0 Å². The van der Waals surface area contributed by atoms with Crippen molar-refractivity contribution in [3.05, 3.63) is 0 Å². The molecule has 0 aromatic rings. The molecule has 0 saturated carbocycles. The molecule has 0 aliphatic carbocycles. The summed E-state index contributed by atoms with van der Waals surface area (Å²) in [6.07, 6.45) is 1.91. The van der Waals surface area contributed by atoms with Crippen molar-refractivity contribution in [1.82, 2.24) is 10.6 Å². The standard InChI is InChI=1S/C15H32N2O/c1-14(2,3)11-12(15(4,5)6)13(18)17-10-8-9-16-7/h12,16H,8-11H2,1-7H3,(H,17,18). The molecule has 1 atom stereocenters. The number of nitrogens with one attached hydrogen (secondary N) is 2. The summed E-state index contributed by atoms with van der Waals surface area (Å²) in [6.45, 7) is 14.7. The fourth-order valence-corrected chi connectivity index (χ4v) is 2.00. The van der Waals surface area contributed by atoms with Crippen LogP contribution in [-0.2, 0) is 4.79 Å². The first-order chi connectivity index (χ1) is 8.08. The van der Waals surface area contributed by atoms with E-state index in [1.807, 2.05) is 7.05 Å². The van der Waals surface area contributed by atoms with Crippen molar-refractivity contribution in [3.8, 4) is 0 Å². The molecule has 0 bridgehead atoms. The highest BCUT2D eigenvalue weighted by Crippen LogP contribution is 2.35. The van der Waals surface area contributed by atoms with E-state index in [0.29, 0.717) is 0 Å². The Labute approximate surface area is 113 Å². The Hall–Kier alpha value is -0.570. The second-order valence-corrected chi connectivity index (χ2v) is 7.43. The van der Waals surface area contributed by atoms with Crippen molar-refractivity contribution in [2.45, 2.75) is 54.4 Å². The van der Waals surface area contributed by atoms with Gasteiger partial charge in [0.15, 0.2) is 0 Å². The summed E-state index contributed by atoms with van der Waals surface area (Å²) >= 11 is 0. The molecule has 3 nitrogen and oxygen atoms in total. The molecule has 0 aliphatic rings. The summed E-state index contributed by atoms with van der Waals surface area (Å²) in [5.74, 6) is 0.278. The van der Waals surface area contributed by atoms with Crippen LogP contribution < -0.4 is 10.6 Å². The van der Waals surface area contributed by atoms with Crippen LogP contribution in [0.25, 0.3) is 0 Å². The summed E-state index contributed by atoms with van der Waals surface area (Å²) in [5, 5.41) is 6.16. The lowest BCUT2D eigenvalue weighted by molar-refractivity contribution is -0.129. The summed E-state index contributed by atoms with van der Waals surface area (Å²) in [6, 6.07) is 0. The van der Waals surface area contributed by atoms with Crippen LogP contribution in [0.2, 0.25) is 0 Å².